The maximum absolute atomic E-state index is 4.82. The Kier molecular flexibility index (Phi) is 4.32. The standard InChI is InChI=1S/C28H25N/c1-4-19-15-21(18(2)3)17-22(16-19)28-27-12-11-24-23-8-6-5-7-20(23)9-10-25(24)26(27)13-14-29-28/h5-18H,4H2,1-3H3. The second-order valence-corrected chi connectivity index (χ2v) is 8.17. The van der Waals surface area contributed by atoms with Gasteiger partial charge in [0.25, 0.3) is 0 Å². The average Bonchev–Trinajstić information content (AvgIpc) is 2.77. The lowest BCUT2D eigenvalue weighted by molar-refractivity contribution is 0.863. The van der Waals surface area contributed by atoms with Crippen LogP contribution in [0.5, 0.6) is 0 Å². The van der Waals surface area contributed by atoms with Gasteiger partial charge in [-0.15, -0.1) is 0 Å². The van der Waals surface area contributed by atoms with E-state index in [1.807, 2.05) is 6.20 Å². The third-order valence-corrected chi connectivity index (χ3v) is 6.03. The highest BCUT2D eigenvalue weighted by Crippen LogP contribution is 2.35. The number of hydrogen-bond acceptors (Lipinski definition) is 1. The molecule has 0 fully saturated rings. The van der Waals surface area contributed by atoms with Gasteiger partial charge in [0.05, 0.1) is 5.69 Å². The van der Waals surface area contributed by atoms with E-state index in [9.17, 15) is 0 Å². The first-order valence-electron chi connectivity index (χ1n) is 10.5. The average molecular weight is 376 g/mol. The molecule has 5 aromatic rings. The van der Waals surface area contributed by atoms with E-state index < -0.39 is 0 Å². The Labute approximate surface area is 172 Å². The normalized spacial score (nSPS) is 11.7. The third-order valence-electron chi connectivity index (χ3n) is 6.03. The summed E-state index contributed by atoms with van der Waals surface area (Å²) < 4.78 is 0. The molecule has 0 bridgehead atoms. The fourth-order valence-corrected chi connectivity index (χ4v) is 4.38. The van der Waals surface area contributed by atoms with E-state index in [1.165, 1.54) is 49.0 Å². The summed E-state index contributed by atoms with van der Waals surface area (Å²) in [7, 11) is 0. The summed E-state index contributed by atoms with van der Waals surface area (Å²) in [5, 5.41) is 7.68. The maximum Gasteiger partial charge on any atom is 0.0780 e. The molecule has 0 radical (unpaired) electrons. The van der Waals surface area contributed by atoms with Crippen molar-refractivity contribution < 1.29 is 0 Å². The molecular formula is C28H25N. The fourth-order valence-electron chi connectivity index (χ4n) is 4.38. The molecule has 1 aromatic heterocycles. The highest BCUT2D eigenvalue weighted by atomic mass is 14.7. The van der Waals surface area contributed by atoms with Crippen molar-refractivity contribution in [2.75, 3.05) is 0 Å². The lowest BCUT2D eigenvalue weighted by atomic mass is 9.92. The number of pyridine rings is 1. The van der Waals surface area contributed by atoms with Gasteiger partial charge in [0.2, 0.25) is 0 Å². The molecule has 0 saturated carbocycles. The summed E-state index contributed by atoms with van der Waals surface area (Å²) >= 11 is 0. The SMILES string of the molecule is CCc1cc(-c2nccc3c2ccc2c4ccccc4ccc32)cc(C(C)C)c1. The quantitative estimate of drug-likeness (QED) is 0.292. The van der Waals surface area contributed by atoms with Crippen LogP contribution >= 0.6 is 0 Å². The Balaban J connectivity index is 1.81. The molecule has 1 heterocycles. The van der Waals surface area contributed by atoms with Gasteiger partial charge in [-0.25, -0.2) is 0 Å². The Bertz CT molecular complexity index is 1360. The first kappa shape index (κ1) is 17.9. The van der Waals surface area contributed by atoms with E-state index in [1.54, 1.807) is 0 Å². The molecule has 29 heavy (non-hydrogen) atoms. The van der Waals surface area contributed by atoms with Crippen LogP contribution in [0.3, 0.4) is 0 Å². The van der Waals surface area contributed by atoms with Crippen molar-refractivity contribution in [3.05, 3.63) is 90.1 Å². The number of aromatic nitrogens is 1. The maximum atomic E-state index is 4.82. The monoisotopic (exact) mass is 375 g/mol. The topological polar surface area (TPSA) is 12.9 Å². The molecule has 0 spiro atoms. The summed E-state index contributed by atoms with van der Waals surface area (Å²) in [6, 6.07) is 26.7. The second-order valence-electron chi connectivity index (χ2n) is 8.17. The third kappa shape index (κ3) is 2.98. The number of rotatable bonds is 3. The van der Waals surface area contributed by atoms with Crippen molar-refractivity contribution in [3.8, 4) is 11.3 Å². The van der Waals surface area contributed by atoms with Crippen LogP contribution in [0, 0.1) is 0 Å². The first-order chi connectivity index (χ1) is 14.2. The molecule has 0 N–H and O–H groups in total. The predicted molar refractivity (Wildman–Crippen MR) is 126 cm³/mol. The van der Waals surface area contributed by atoms with Gasteiger partial charge in [0, 0.05) is 17.1 Å². The van der Waals surface area contributed by atoms with E-state index in [-0.39, 0.29) is 0 Å². The summed E-state index contributed by atoms with van der Waals surface area (Å²) in [4.78, 5) is 4.82. The molecule has 1 heteroatoms. The lowest BCUT2D eigenvalue weighted by Gasteiger charge is -2.14. The van der Waals surface area contributed by atoms with Crippen LogP contribution in [0.4, 0.5) is 0 Å². The lowest BCUT2D eigenvalue weighted by Crippen LogP contribution is -1.94. The molecule has 4 aromatic carbocycles. The van der Waals surface area contributed by atoms with E-state index in [0.717, 1.165) is 12.1 Å². The molecule has 0 aliphatic heterocycles. The van der Waals surface area contributed by atoms with E-state index in [2.05, 4.69) is 93.6 Å². The van der Waals surface area contributed by atoms with Gasteiger partial charge in [0.1, 0.15) is 0 Å². The molecule has 1 nitrogen and oxygen atoms in total. The molecular weight excluding hydrogens is 350 g/mol. The van der Waals surface area contributed by atoms with Crippen LogP contribution in [0.25, 0.3) is 43.6 Å². The van der Waals surface area contributed by atoms with Gasteiger partial charge in [-0.1, -0.05) is 75.4 Å². The second kappa shape index (κ2) is 7.00. The summed E-state index contributed by atoms with van der Waals surface area (Å²) in [5.74, 6) is 0.502. The van der Waals surface area contributed by atoms with Crippen LogP contribution < -0.4 is 0 Å². The number of fused-ring (bicyclic) bond motifs is 5. The van der Waals surface area contributed by atoms with Gasteiger partial charge >= 0.3 is 0 Å². The van der Waals surface area contributed by atoms with Crippen LogP contribution in [-0.2, 0) is 6.42 Å². The Morgan fingerprint density at radius 3 is 2.28 bits per heavy atom. The van der Waals surface area contributed by atoms with Crippen molar-refractivity contribution in [2.45, 2.75) is 33.1 Å². The molecule has 0 amide bonds. The first-order valence-corrected chi connectivity index (χ1v) is 10.5. The minimum absolute atomic E-state index is 0.502. The predicted octanol–water partition coefficient (Wildman–Crippen LogP) is 7.89. The van der Waals surface area contributed by atoms with Gasteiger partial charge in [-0.2, -0.15) is 0 Å². The van der Waals surface area contributed by atoms with Gasteiger partial charge in [0.15, 0.2) is 0 Å². The van der Waals surface area contributed by atoms with E-state index in [4.69, 9.17) is 4.98 Å². The largest absolute Gasteiger partial charge is 0.256 e. The number of benzene rings is 4. The van der Waals surface area contributed by atoms with E-state index in [0.29, 0.717) is 5.92 Å². The van der Waals surface area contributed by atoms with Crippen molar-refractivity contribution in [2.24, 2.45) is 0 Å². The Morgan fingerprint density at radius 1 is 0.724 bits per heavy atom. The van der Waals surface area contributed by atoms with E-state index >= 15 is 0 Å². The Morgan fingerprint density at radius 2 is 1.45 bits per heavy atom. The van der Waals surface area contributed by atoms with Crippen LogP contribution in [-0.4, -0.2) is 4.98 Å². The van der Waals surface area contributed by atoms with Crippen LogP contribution in [0.2, 0.25) is 0 Å². The zero-order chi connectivity index (χ0) is 20.0. The molecule has 0 saturated heterocycles. The Hall–Kier alpha value is -3.19. The van der Waals surface area contributed by atoms with Gasteiger partial charge < -0.3 is 0 Å². The van der Waals surface area contributed by atoms with Crippen molar-refractivity contribution >= 4 is 32.3 Å². The van der Waals surface area contributed by atoms with Crippen molar-refractivity contribution in [1.82, 2.24) is 4.98 Å². The number of nitrogens with zero attached hydrogens (tertiary/aromatic N) is 1. The minimum Gasteiger partial charge on any atom is -0.256 e. The minimum atomic E-state index is 0.502. The number of hydrogen-bond donors (Lipinski definition) is 0. The summed E-state index contributed by atoms with van der Waals surface area (Å²) in [6.07, 6.45) is 2.99. The highest BCUT2D eigenvalue weighted by Gasteiger charge is 2.12. The molecule has 0 atom stereocenters. The van der Waals surface area contributed by atoms with Crippen molar-refractivity contribution in [1.29, 1.82) is 0 Å². The molecule has 0 aliphatic carbocycles. The zero-order valence-electron chi connectivity index (χ0n) is 17.2. The molecule has 0 aliphatic rings. The molecule has 0 unspecified atom stereocenters. The smallest absolute Gasteiger partial charge is 0.0780 e. The summed E-state index contributed by atoms with van der Waals surface area (Å²) in [6.45, 7) is 6.74. The fraction of sp³-hybridized carbons (Fsp3) is 0.179. The van der Waals surface area contributed by atoms with Gasteiger partial charge in [-0.3, -0.25) is 4.98 Å². The molecule has 142 valence electrons. The zero-order valence-corrected chi connectivity index (χ0v) is 17.2. The summed E-state index contributed by atoms with van der Waals surface area (Å²) in [5.41, 5.74) is 5.05. The van der Waals surface area contributed by atoms with Crippen LogP contribution in [0.15, 0.2) is 79.0 Å². The number of aryl methyl sites for hydroxylation is 1. The van der Waals surface area contributed by atoms with Crippen molar-refractivity contribution in [3.63, 3.8) is 0 Å². The highest BCUT2D eigenvalue weighted by molar-refractivity contribution is 6.18. The molecule has 5 rings (SSSR count). The van der Waals surface area contributed by atoms with Crippen LogP contribution in [0.1, 0.15) is 37.8 Å². The van der Waals surface area contributed by atoms with Gasteiger partial charge in [-0.05, 0) is 68.6 Å².